The molecule has 1 rings (SSSR count). The minimum absolute atomic E-state index is 0.00453. The van der Waals surface area contributed by atoms with Crippen LogP contribution in [0.3, 0.4) is 0 Å². The molecule has 0 radical (unpaired) electrons. The van der Waals surface area contributed by atoms with Gasteiger partial charge in [-0.05, 0) is 38.4 Å². The van der Waals surface area contributed by atoms with Gasteiger partial charge in [0.05, 0.1) is 5.75 Å². The van der Waals surface area contributed by atoms with Crippen LogP contribution in [-0.2, 0) is 10.0 Å². The van der Waals surface area contributed by atoms with Crippen molar-refractivity contribution in [3.05, 3.63) is 0 Å². The maximum atomic E-state index is 11.8. The van der Waals surface area contributed by atoms with Crippen molar-refractivity contribution in [3.8, 4) is 0 Å². The highest BCUT2D eigenvalue weighted by molar-refractivity contribution is 7.89. The average Bonchev–Trinajstić information content (AvgIpc) is 2.28. The lowest BCUT2D eigenvalue weighted by molar-refractivity contribution is 0.217. The van der Waals surface area contributed by atoms with E-state index >= 15 is 0 Å². The van der Waals surface area contributed by atoms with Crippen LogP contribution in [0.2, 0.25) is 0 Å². The van der Waals surface area contributed by atoms with Crippen LogP contribution in [-0.4, -0.2) is 50.6 Å². The molecule has 1 saturated heterocycles. The van der Waals surface area contributed by atoms with Crippen molar-refractivity contribution >= 4 is 21.6 Å². The fourth-order valence-electron chi connectivity index (χ4n) is 2.09. The number of halogens is 1. The van der Waals surface area contributed by atoms with Crippen LogP contribution >= 0.6 is 11.6 Å². The Morgan fingerprint density at radius 2 is 2.00 bits per heavy atom. The summed E-state index contributed by atoms with van der Waals surface area (Å²) in [6.07, 6.45) is 1.81. The van der Waals surface area contributed by atoms with Gasteiger partial charge in [-0.15, -0.1) is 11.6 Å². The summed E-state index contributed by atoms with van der Waals surface area (Å²) in [7, 11) is -3.17. The smallest absolute Gasteiger partial charge is 0.212 e. The predicted molar refractivity (Wildman–Crippen MR) is 71.9 cm³/mol. The average molecular weight is 283 g/mol. The second-order valence-electron chi connectivity index (χ2n) is 4.87. The first-order valence-electron chi connectivity index (χ1n) is 6.25. The Hall–Kier alpha value is 0.160. The number of nitrogens with zero attached hydrogens (tertiary/aromatic N) is 1. The number of likely N-dealkylation sites (tertiary alicyclic amines) is 1. The summed E-state index contributed by atoms with van der Waals surface area (Å²) in [6, 6.07) is 0.102. The summed E-state index contributed by atoms with van der Waals surface area (Å²) in [5.74, 6) is 0.518. The van der Waals surface area contributed by atoms with E-state index in [9.17, 15) is 8.42 Å². The van der Waals surface area contributed by atoms with Gasteiger partial charge in [-0.2, -0.15) is 0 Å². The third-order valence-electron chi connectivity index (χ3n) is 3.15. The van der Waals surface area contributed by atoms with Gasteiger partial charge >= 0.3 is 0 Å². The molecule has 0 aromatic carbocycles. The lowest BCUT2D eigenvalue weighted by atomic mass is 10.1. The van der Waals surface area contributed by atoms with Crippen LogP contribution in [0, 0.1) is 5.92 Å². The summed E-state index contributed by atoms with van der Waals surface area (Å²) in [4.78, 5) is 2.34. The Bertz CT molecular complexity index is 313. The highest BCUT2D eigenvalue weighted by Crippen LogP contribution is 2.12. The molecule has 0 aromatic heterocycles. The first-order valence-corrected chi connectivity index (χ1v) is 8.43. The molecule has 0 spiro atoms. The van der Waals surface area contributed by atoms with Crippen LogP contribution in [0.15, 0.2) is 0 Å². The van der Waals surface area contributed by atoms with Crippen molar-refractivity contribution < 1.29 is 8.42 Å². The number of hydrogen-bond donors (Lipinski definition) is 1. The van der Waals surface area contributed by atoms with Crippen molar-refractivity contribution in [2.24, 2.45) is 5.92 Å². The minimum Gasteiger partial charge on any atom is -0.303 e. The van der Waals surface area contributed by atoms with Gasteiger partial charge in [0.25, 0.3) is 0 Å². The molecule has 1 aliphatic heterocycles. The molecule has 102 valence electrons. The molecule has 0 aromatic rings. The Kier molecular flexibility index (Phi) is 6.20. The molecule has 0 aliphatic carbocycles. The predicted octanol–water partition coefficient (Wildman–Crippen LogP) is 1.27. The fraction of sp³-hybridized carbons (Fsp3) is 1.00. The third-order valence-corrected chi connectivity index (χ3v) is 5.38. The molecule has 0 amide bonds. The zero-order valence-electron chi connectivity index (χ0n) is 10.7. The molecule has 6 heteroatoms. The van der Waals surface area contributed by atoms with Crippen molar-refractivity contribution in [3.63, 3.8) is 0 Å². The van der Waals surface area contributed by atoms with Gasteiger partial charge in [-0.25, -0.2) is 13.1 Å². The van der Waals surface area contributed by atoms with Gasteiger partial charge in [0.1, 0.15) is 0 Å². The van der Waals surface area contributed by atoms with Gasteiger partial charge in [-0.3, -0.25) is 0 Å². The van der Waals surface area contributed by atoms with E-state index < -0.39 is 10.0 Å². The van der Waals surface area contributed by atoms with E-state index in [1.165, 1.54) is 0 Å². The standard InChI is InChI=1S/C11H23ClN2O2S/c1-3-14-6-4-11(5-7-14)13-17(15,16)9-10(2)8-12/h10-11,13H,3-9H2,1-2H3. The van der Waals surface area contributed by atoms with Crippen LogP contribution < -0.4 is 4.72 Å². The van der Waals surface area contributed by atoms with Crippen molar-refractivity contribution in [1.29, 1.82) is 0 Å². The quantitative estimate of drug-likeness (QED) is 0.747. The van der Waals surface area contributed by atoms with Crippen LogP contribution in [0.25, 0.3) is 0 Å². The van der Waals surface area contributed by atoms with E-state index in [0.717, 1.165) is 32.5 Å². The van der Waals surface area contributed by atoms with Crippen molar-refractivity contribution in [2.45, 2.75) is 32.7 Å². The summed E-state index contributed by atoms with van der Waals surface area (Å²) in [5.41, 5.74) is 0. The van der Waals surface area contributed by atoms with Gasteiger partial charge in [0.2, 0.25) is 10.0 Å². The third kappa shape index (κ3) is 5.55. The van der Waals surface area contributed by atoms with Crippen molar-refractivity contribution in [1.82, 2.24) is 9.62 Å². The molecule has 1 atom stereocenters. The lowest BCUT2D eigenvalue weighted by Gasteiger charge is -2.31. The summed E-state index contributed by atoms with van der Waals surface area (Å²) in [5, 5.41) is 0. The molecule has 1 aliphatic rings. The van der Waals surface area contributed by atoms with Crippen LogP contribution in [0.1, 0.15) is 26.7 Å². The largest absolute Gasteiger partial charge is 0.303 e. The second kappa shape index (κ2) is 6.92. The number of alkyl halides is 1. The molecule has 1 fully saturated rings. The Labute approximate surface area is 110 Å². The molecule has 1 unspecified atom stereocenters. The van der Waals surface area contributed by atoms with E-state index in [1.807, 2.05) is 6.92 Å². The van der Waals surface area contributed by atoms with Gasteiger partial charge < -0.3 is 4.90 Å². The fourth-order valence-corrected chi connectivity index (χ4v) is 4.03. The maximum Gasteiger partial charge on any atom is 0.212 e. The van der Waals surface area contributed by atoms with E-state index in [4.69, 9.17) is 11.6 Å². The number of hydrogen-bond acceptors (Lipinski definition) is 3. The first-order chi connectivity index (χ1) is 7.96. The van der Waals surface area contributed by atoms with E-state index in [2.05, 4.69) is 16.5 Å². The lowest BCUT2D eigenvalue weighted by Crippen LogP contribution is -2.45. The molecular weight excluding hydrogens is 260 g/mol. The number of nitrogens with one attached hydrogen (secondary N) is 1. The Morgan fingerprint density at radius 1 is 1.41 bits per heavy atom. The van der Waals surface area contributed by atoms with Crippen LogP contribution in [0.5, 0.6) is 0 Å². The van der Waals surface area contributed by atoms with Crippen LogP contribution in [0.4, 0.5) is 0 Å². The Balaban J connectivity index is 2.39. The normalized spacial score (nSPS) is 21.6. The molecular formula is C11H23ClN2O2S. The highest BCUT2D eigenvalue weighted by atomic mass is 35.5. The zero-order chi connectivity index (χ0) is 12.9. The maximum absolute atomic E-state index is 11.8. The molecule has 0 saturated carbocycles. The Morgan fingerprint density at radius 3 is 2.47 bits per heavy atom. The topological polar surface area (TPSA) is 49.4 Å². The summed E-state index contributed by atoms with van der Waals surface area (Å²) >= 11 is 5.64. The van der Waals surface area contributed by atoms with E-state index in [0.29, 0.717) is 5.88 Å². The van der Waals surface area contributed by atoms with Gasteiger partial charge in [-0.1, -0.05) is 13.8 Å². The minimum atomic E-state index is -3.17. The number of sulfonamides is 1. The molecule has 4 nitrogen and oxygen atoms in total. The number of piperidine rings is 1. The number of rotatable bonds is 6. The zero-order valence-corrected chi connectivity index (χ0v) is 12.2. The second-order valence-corrected chi connectivity index (χ2v) is 6.97. The highest BCUT2D eigenvalue weighted by Gasteiger charge is 2.23. The summed E-state index contributed by atoms with van der Waals surface area (Å²) < 4.78 is 26.5. The SMILES string of the molecule is CCN1CCC(NS(=O)(=O)CC(C)CCl)CC1. The molecule has 17 heavy (non-hydrogen) atoms. The first kappa shape index (κ1) is 15.2. The van der Waals surface area contributed by atoms with Gasteiger partial charge in [0, 0.05) is 11.9 Å². The molecule has 1 N–H and O–H groups in total. The molecule has 1 heterocycles. The molecule has 0 bridgehead atoms. The monoisotopic (exact) mass is 282 g/mol. The van der Waals surface area contributed by atoms with Crippen molar-refractivity contribution in [2.75, 3.05) is 31.3 Å². The summed E-state index contributed by atoms with van der Waals surface area (Å²) in [6.45, 7) is 6.99. The van der Waals surface area contributed by atoms with E-state index in [1.54, 1.807) is 0 Å². The van der Waals surface area contributed by atoms with E-state index in [-0.39, 0.29) is 17.7 Å². The van der Waals surface area contributed by atoms with Gasteiger partial charge in [0.15, 0.2) is 0 Å².